The third-order valence-electron chi connectivity index (χ3n) is 3.55. The molecule has 126 valence electrons. The topological polar surface area (TPSA) is 58.6 Å². The standard InChI is InChI=1S/C19H22N2O3/c1-13-8-5-6-11-17(13)24-14(2)18(22)20-16-10-7-9-15(12-16)19(23)21(3)4/h5-12,14H,1-4H3,(H,20,22). The fourth-order valence-electron chi connectivity index (χ4n) is 2.16. The normalized spacial score (nSPS) is 11.5. The average molecular weight is 326 g/mol. The summed E-state index contributed by atoms with van der Waals surface area (Å²) in [6.45, 7) is 3.62. The third kappa shape index (κ3) is 4.35. The monoisotopic (exact) mass is 326 g/mol. The maximum atomic E-state index is 12.3. The number of carbonyl (C=O) groups excluding carboxylic acids is 2. The number of ether oxygens (including phenoxy) is 1. The second-order valence-corrected chi connectivity index (χ2v) is 5.80. The van der Waals surface area contributed by atoms with Crippen LogP contribution >= 0.6 is 0 Å². The Labute approximate surface area is 142 Å². The van der Waals surface area contributed by atoms with Crippen molar-refractivity contribution in [2.45, 2.75) is 20.0 Å². The van der Waals surface area contributed by atoms with Crippen LogP contribution in [0.3, 0.4) is 0 Å². The maximum absolute atomic E-state index is 12.3. The van der Waals surface area contributed by atoms with Crippen LogP contribution in [0.25, 0.3) is 0 Å². The third-order valence-corrected chi connectivity index (χ3v) is 3.55. The van der Waals surface area contributed by atoms with E-state index in [9.17, 15) is 9.59 Å². The molecule has 1 atom stereocenters. The molecule has 2 amide bonds. The molecule has 2 aromatic rings. The molecule has 2 rings (SSSR count). The van der Waals surface area contributed by atoms with Crippen LogP contribution in [0, 0.1) is 6.92 Å². The van der Waals surface area contributed by atoms with Crippen LogP contribution in [0.5, 0.6) is 5.75 Å². The highest BCUT2D eigenvalue weighted by molar-refractivity contribution is 5.98. The lowest BCUT2D eigenvalue weighted by Gasteiger charge is -2.17. The molecule has 1 N–H and O–H groups in total. The van der Waals surface area contributed by atoms with Crippen molar-refractivity contribution in [1.82, 2.24) is 4.90 Å². The first-order chi connectivity index (χ1) is 11.4. The number of carbonyl (C=O) groups is 2. The van der Waals surface area contributed by atoms with Gasteiger partial charge in [-0.3, -0.25) is 9.59 Å². The molecular formula is C19H22N2O3. The van der Waals surface area contributed by atoms with Gasteiger partial charge in [0.2, 0.25) is 0 Å². The summed E-state index contributed by atoms with van der Waals surface area (Å²) >= 11 is 0. The van der Waals surface area contributed by atoms with Gasteiger partial charge in [0.25, 0.3) is 11.8 Å². The minimum absolute atomic E-state index is 0.115. The van der Waals surface area contributed by atoms with Crippen molar-refractivity contribution in [3.8, 4) is 5.75 Å². The summed E-state index contributed by atoms with van der Waals surface area (Å²) in [5.41, 5.74) is 2.05. The quantitative estimate of drug-likeness (QED) is 0.918. The van der Waals surface area contributed by atoms with E-state index in [-0.39, 0.29) is 11.8 Å². The van der Waals surface area contributed by atoms with Crippen LogP contribution in [0.15, 0.2) is 48.5 Å². The molecule has 5 nitrogen and oxygen atoms in total. The molecule has 24 heavy (non-hydrogen) atoms. The molecule has 0 saturated heterocycles. The van der Waals surface area contributed by atoms with Crippen molar-refractivity contribution >= 4 is 17.5 Å². The van der Waals surface area contributed by atoms with Crippen molar-refractivity contribution in [3.63, 3.8) is 0 Å². The number of para-hydroxylation sites is 1. The number of nitrogens with one attached hydrogen (secondary N) is 1. The molecule has 1 unspecified atom stereocenters. The van der Waals surface area contributed by atoms with Gasteiger partial charge in [-0.25, -0.2) is 0 Å². The van der Waals surface area contributed by atoms with Crippen molar-refractivity contribution in [3.05, 3.63) is 59.7 Å². The Kier molecular flexibility index (Phi) is 5.58. The summed E-state index contributed by atoms with van der Waals surface area (Å²) in [7, 11) is 3.37. The maximum Gasteiger partial charge on any atom is 0.265 e. The fourth-order valence-corrected chi connectivity index (χ4v) is 2.16. The van der Waals surface area contributed by atoms with Gasteiger partial charge in [0.05, 0.1) is 0 Å². The highest BCUT2D eigenvalue weighted by Crippen LogP contribution is 2.19. The summed E-state index contributed by atoms with van der Waals surface area (Å²) in [5.74, 6) is 0.291. The van der Waals surface area contributed by atoms with E-state index in [1.54, 1.807) is 45.3 Å². The minimum atomic E-state index is -0.653. The van der Waals surface area contributed by atoms with E-state index in [0.717, 1.165) is 5.56 Å². The van der Waals surface area contributed by atoms with Gasteiger partial charge < -0.3 is 15.0 Å². The predicted octanol–water partition coefficient (Wildman–Crippen LogP) is 3.10. The van der Waals surface area contributed by atoms with E-state index < -0.39 is 6.10 Å². The highest BCUT2D eigenvalue weighted by atomic mass is 16.5. The van der Waals surface area contributed by atoms with Crippen molar-refractivity contribution < 1.29 is 14.3 Å². The van der Waals surface area contributed by atoms with Crippen molar-refractivity contribution in [2.24, 2.45) is 0 Å². The van der Waals surface area contributed by atoms with Gasteiger partial charge in [-0.05, 0) is 43.7 Å². The van der Waals surface area contributed by atoms with Gasteiger partial charge in [-0.2, -0.15) is 0 Å². The molecule has 0 aromatic heterocycles. The molecule has 0 spiro atoms. The second kappa shape index (κ2) is 7.64. The van der Waals surface area contributed by atoms with E-state index in [1.165, 1.54) is 4.90 Å². The lowest BCUT2D eigenvalue weighted by molar-refractivity contribution is -0.122. The SMILES string of the molecule is Cc1ccccc1OC(C)C(=O)Nc1cccc(C(=O)N(C)C)c1. The van der Waals surface area contributed by atoms with Crippen LogP contribution in [-0.2, 0) is 4.79 Å². The minimum Gasteiger partial charge on any atom is -0.481 e. The first kappa shape index (κ1) is 17.5. The number of anilines is 1. The molecule has 0 aliphatic rings. The number of benzene rings is 2. The van der Waals surface area contributed by atoms with E-state index >= 15 is 0 Å². The van der Waals surface area contributed by atoms with E-state index in [4.69, 9.17) is 4.74 Å². The molecular weight excluding hydrogens is 304 g/mol. The summed E-state index contributed by atoms with van der Waals surface area (Å²) < 4.78 is 5.71. The zero-order valence-electron chi connectivity index (χ0n) is 14.4. The summed E-state index contributed by atoms with van der Waals surface area (Å²) in [5, 5.41) is 2.78. The molecule has 0 fully saturated rings. The van der Waals surface area contributed by atoms with E-state index in [0.29, 0.717) is 17.0 Å². The van der Waals surface area contributed by atoms with Crippen LogP contribution in [0.4, 0.5) is 5.69 Å². The van der Waals surface area contributed by atoms with E-state index in [1.807, 2.05) is 31.2 Å². The van der Waals surface area contributed by atoms with Crippen LogP contribution in [0.1, 0.15) is 22.8 Å². The summed E-state index contributed by atoms with van der Waals surface area (Å²) in [6.07, 6.45) is -0.653. The molecule has 0 radical (unpaired) electrons. The Hall–Kier alpha value is -2.82. The number of nitrogens with zero attached hydrogens (tertiary/aromatic N) is 1. The molecule has 0 aliphatic heterocycles. The summed E-state index contributed by atoms with van der Waals surface area (Å²) in [4.78, 5) is 25.8. The number of amides is 2. The fraction of sp³-hybridized carbons (Fsp3) is 0.263. The number of aryl methyl sites for hydroxylation is 1. The number of hydrogen-bond donors (Lipinski definition) is 1. The number of hydrogen-bond acceptors (Lipinski definition) is 3. The van der Waals surface area contributed by atoms with Crippen molar-refractivity contribution in [1.29, 1.82) is 0 Å². The van der Waals surface area contributed by atoms with Crippen LogP contribution < -0.4 is 10.1 Å². The average Bonchev–Trinajstić information content (AvgIpc) is 2.56. The molecule has 2 aromatic carbocycles. The number of rotatable bonds is 5. The zero-order chi connectivity index (χ0) is 17.7. The smallest absolute Gasteiger partial charge is 0.265 e. The molecule has 5 heteroatoms. The van der Waals surface area contributed by atoms with Gasteiger partial charge in [0.1, 0.15) is 5.75 Å². The van der Waals surface area contributed by atoms with Crippen LogP contribution in [-0.4, -0.2) is 36.9 Å². The van der Waals surface area contributed by atoms with Gasteiger partial charge in [-0.1, -0.05) is 24.3 Å². The van der Waals surface area contributed by atoms with Gasteiger partial charge in [-0.15, -0.1) is 0 Å². The van der Waals surface area contributed by atoms with Gasteiger partial charge >= 0.3 is 0 Å². The largest absolute Gasteiger partial charge is 0.481 e. The Morgan fingerprint density at radius 3 is 2.46 bits per heavy atom. The first-order valence-electron chi connectivity index (χ1n) is 7.73. The van der Waals surface area contributed by atoms with Gasteiger partial charge in [0.15, 0.2) is 6.10 Å². The molecule has 0 saturated carbocycles. The molecule has 0 heterocycles. The van der Waals surface area contributed by atoms with E-state index in [2.05, 4.69) is 5.32 Å². The second-order valence-electron chi connectivity index (χ2n) is 5.80. The highest BCUT2D eigenvalue weighted by Gasteiger charge is 2.16. The summed E-state index contributed by atoms with van der Waals surface area (Å²) in [6, 6.07) is 14.4. The van der Waals surface area contributed by atoms with Gasteiger partial charge in [0, 0.05) is 25.3 Å². The van der Waals surface area contributed by atoms with Crippen molar-refractivity contribution in [2.75, 3.05) is 19.4 Å². The Morgan fingerprint density at radius 1 is 1.08 bits per heavy atom. The Morgan fingerprint density at radius 2 is 1.79 bits per heavy atom. The van der Waals surface area contributed by atoms with Crippen LogP contribution in [0.2, 0.25) is 0 Å². The first-order valence-corrected chi connectivity index (χ1v) is 7.73. The zero-order valence-corrected chi connectivity index (χ0v) is 14.4. The lowest BCUT2D eigenvalue weighted by atomic mass is 10.1. The Bertz CT molecular complexity index is 741. The Balaban J connectivity index is 2.05. The molecule has 0 bridgehead atoms. The molecule has 0 aliphatic carbocycles. The lowest BCUT2D eigenvalue weighted by Crippen LogP contribution is -2.30. The predicted molar refractivity (Wildman–Crippen MR) is 94.4 cm³/mol.